The van der Waals surface area contributed by atoms with Gasteiger partial charge < -0.3 is 15.7 Å². The summed E-state index contributed by atoms with van der Waals surface area (Å²) in [6.07, 6.45) is 0.223. The van der Waals surface area contributed by atoms with Crippen molar-refractivity contribution in [1.82, 2.24) is 10.6 Å². The monoisotopic (exact) mass is 302 g/mol. The molecule has 3 N–H and O–H groups in total. The molecule has 7 heteroatoms. The maximum absolute atomic E-state index is 13.4. The number of nitrogens with one attached hydrogen (secondary N) is 2. The van der Waals surface area contributed by atoms with Gasteiger partial charge in [-0.1, -0.05) is 18.5 Å². The maximum Gasteiger partial charge on any atom is 0.329 e. The van der Waals surface area contributed by atoms with E-state index in [2.05, 4.69) is 10.6 Å². The van der Waals surface area contributed by atoms with E-state index in [1.54, 1.807) is 6.92 Å². The van der Waals surface area contributed by atoms with E-state index in [1.807, 2.05) is 0 Å². The number of halogens is 2. The van der Waals surface area contributed by atoms with Crippen molar-refractivity contribution in [1.29, 1.82) is 0 Å². The van der Waals surface area contributed by atoms with Crippen molar-refractivity contribution in [2.75, 3.05) is 0 Å². The average molecular weight is 303 g/mol. The molecule has 0 aliphatic carbocycles. The van der Waals surface area contributed by atoms with Gasteiger partial charge in [-0.25, -0.2) is 14.0 Å². The SMILES string of the molecule is CCC(C)(NC(=O)NCc1cc(Cl)ccc1F)C(=O)O. The van der Waals surface area contributed by atoms with Crippen molar-refractivity contribution in [2.45, 2.75) is 32.4 Å². The van der Waals surface area contributed by atoms with Gasteiger partial charge in [0.15, 0.2) is 0 Å². The lowest BCUT2D eigenvalue weighted by atomic mass is 10.00. The number of carboxylic acid groups (broad SMARTS) is 1. The molecule has 1 atom stereocenters. The second-order valence-corrected chi connectivity index (χ2v) is 4.97. The van der Waals surface area contributed by atoms with E-state index < -0.39 is 23.4 Å². The van der Waals surface area contributed by atoms with Crippen molar-refractivity contribution in [2.24, 2.45) is 0 Å². The molecule has 0 heterocycles. The highest BCUT2D eigenvalue weighted by Gasteiger charge is 2.32. The summed E-state index contributed by atoms with van der Waals surface area (Å²) in [5, 5.41) is 14.1. The van der Waals surface area contributed by atoms with Crippen molar-refractivity contribution in [3.63, 3.8) is 0 Å². The highest BCUT2D eigenvalue weighted by molar-refractivity contribution is 6.30. The van der Waals surface area contributed by atoms with Crippen molar-refractivity contribution >= 4 is 23.6 Å². The molecule has 2 amide bonds. The number of hydrogen-bond donors (Lipinski definition) is 3. The minimum absolute atomic E-state index is 0.0857. The number of amides is 2. The quantitative estimate of drug-likeness (QED) is 0.782. The van der Waals surface area contributed by atoms with Gasteiger partial charge >= 0.3 is 12.0 Å². The predicted molar refractivity (Wildman–Crippen MR) is 73.1 cm³/mol. The van der Waals surface area contributed by atoms with Gasteiger partial charge in [0.1, 0.15) is 11.4 Å². The van der Waals surface area contributed by atoms with E-state index in [0.717, 1.165) is 0 Å². The minimum Gasteiger partial charge on any atom is -0.480 e. The zero-order valence-electron chi connectivity index (χ0n) is 11.2. The topological polar surface area (TPSA) is 78.4 Å². The summed E-state index contributed by atoms with van der Waals surface area (Å²) in [5.41, 5.74) is -1.14. The fourth-order valence-corrected chi connectivity index (χ4v) is 1.64. The molecule has 0 aliphatic rings. The zero-order valence-corrected chi connectivity index (χ0v) is 11.9. The minimum atomic E-state index is -1.36. The van der Waals surface area contributed by atoms with Crippen LogP contribution in [0.15, 0.2) is 18.2 Å². The van der Waals surface area contributed by atoms with E-state index in [1.165, 1.54) is 25.1 Å². The summed E-state index contributed by atoms with van der Waals surface area (Å²) in [5.74, 6) is -1.63. The first-order chi connectivity index (χ1) is 9.28. The van der Waals surface area contributed by atoms with Crippen LogP contribution in [0.5, 0.6) is 0 Å². The Labute approximate surface area is 121 Å². The normalized spacial score (nSPS) is 13.4. The number of carboxylic acids is 1. The van der Waals surface area contributed by atoms with Crippen LogP contribution in [0, 0.1) is 5.82 Å². The number of carbonyl (C=O) groups is 2. The van der Waals surface area contributed by atoms with Crippen LogP contribution in [0.3, 0.4) is 0 Å². The summed E-state index contributed by atoms with van der Waals surface area (Å²) < 4.78 is 13.4. The zero-order chi connectivity index (χ0) is 15.3. The molecule has 0 spiro atoms. The largest absolute Gasteiger partial charge is 0.480 e. The first kappa shape index (κ1) is 16.2. The Hall–Kier alpha value is -1.82. The van der Waals surface area contributed by atoms with E-state index in [-0.39, 0.29) is 18.5 Å². The van der Waals surface area contributed by atoms with Gasteiger partial charge in [0.2, 0.25) is 0 Å². The number of urea groups is 1. The molecule has 0 saturated heterocycles. The first-order valence-electron chi connectivity index (χ1n) is 6.02. The van der Waals surface area contributed by atoms with Crippen LogP contribution in [0.1, 0.15) is 25.8 Å². The Kier molecular flexibility index (Phi) is 5.33. The van der Waals surface area contributed by atoms with E-state index in [4.69, 9.17) is 16.7 Å². The molecule has 20 heavy (non-hydrogen) atoms. The van der Waals surface area contributed by atoms with Gasteiger partial charge in [0.05, 0.1) is 0 Å². The molecular formula is C13H16ClFN2O3. The third kappa shape index (κ3) is 4.09. The van der Waals surface area contributed by atoms with Crippen LogP contribution in [0.25, 0.3) is 0 Å². The van der Waals surface area contributed by atoms with Gasteiger partial charge in [-0.2, -0.15) is 0 Å². The molecule has 0 radical (unpaired) electrons. The van der Waals surface area contributed by atoms with Crippen molar-refractivity contribution < 1.29 is 19.1 Å². The third-order valence-electron chi connectivity index (χ3n) is 3.02. The van der Waals surface area contributed by atoms with Gasteiger partial charge in [0, 0.05) is 17.1 Å². The molecule has 110 valence electrons. The molecular weight excluding hydrogens is 287 g/mol. The number of aliphatic carboxylic acids is 1. The van der Waals surface area contributed by atoms with E-state index >= 15 is 0 Å². The number of benzene rings is 1. The lowest BCUT2D eigenvalue weighted by molar-refractivity contribution is -0.143. The number of hydrogen-bond acceptors (Lipinski definition) is 2. The summed E-state index contributed by atoms with van der Waals surface area (Å²) in [4.78, 5) is 22.7. The molecule has 0 aliphatic heterocycles. The van der Waals surface area contributed by atoms with E-state index in [0.29, 0.717) is 5.02 Å². The van der Waals surface area contributed by atoms with Crippen LogP contribution in [0.2, 0.25) is 5.02 Å². The third-order valence-corrected chi connectivity index (χ3v) is 3.25. The second kappa shape index (κ2) is 6.56. The van der Waals surface area contributed by atoms with Crippen LogP contribution in [-0.2, 0) is 11.3 Å². The fourth-order valence-electron chi connectivity index (χ4n) is 1.44. The van der Waals surface area contributed by atoms with Crippen LogP contribution in [0.4, 0.5) is 9.18 Å². The second-order valence-electron chi connectivity index (χ2n) is 4.53. The first-order valence-corrected chi connectivity index (χ1v) is 6.39. The fraction of sp³-hybridized carbons (Fsp3) is 0.385. The summed E-state index contributed by atoms with van der Waals surface area (Å²) in [6, 6.07) is 3.31. The van der Waals surface area contributed by atoms with Crippen molar-refractivity contribution in [3.8, 4) is 0 Å². The van der Waals surface area contributed by atoms with Crippen LogP contribution in [-0.4, -0.2) is 22.6 Å². The molecule has 0 saturated carbocycles. The number of rotatable bonds is 5. The molecule has 0 aromatic heterocycles. The predicted octanol–water partition coefficient (Wildman–Crippen LogP) is 2.53. The molecule has 0 fully saturated rings. The summed E-state index contributed by atoms with van der Waals surface area (Å²) in [7, 11) is 0. The van der Waals surface area contributed by atoms with Gasteiger partial charge in [-0.05, 0) is 31.5 Å². The van der Waals surface area contributed by atoms with Crippen LogP contribution < -0.4 is 10.6 Å². The molecule has 5 nitrogen and oxygen atoms in total. The molecule has 1 aromatic carbocycles. The Bertz CT molecular complexity index is 524. The summed E-state index contributed by atoms with van der Waals surface area (Å²) in [6.45, 7) is 2.96. The molecule has 0 bridgehead atoms. The highest BCUT2D eigenvalue weighted by Crippen LogP contribution is 2.14. The molecule has 1 aromatic rings. The Morgan fingerprint density at radius 3 is 2.65 bits per heavy atom. The van der Waals surface area contributed by atoms with Gasteiger partial charge in [-0.15, -0.1) is 0 Å². The smallest absolute Gasteiger partial charge is 0.329 e. The average Bonchev–Trinajstić information content (AvgIpc) is 2.39. The molecule has 1 unspecified atom stereocenters. The van der Waals surface area contributed by atoms with E-state index in [9.17, 15) is 14.0 Å². The summed E-state index contributed by atoms with van der Waals surface area (Å²) >= 11 is 5.73. The van der Waals surface area contributed by atoms with Crippen molar-refractivity contribution in [3.05, 3.63) is 34.6 Å². The Balaban J connectivity index is 2.64. The Morgan fingerprint density at radius 2 is 2.10 bits per heavy atom. The van der Waals surface area contributed by atoms with Gasteiger partial charge in [-0.3, -0.25) is 0 Å². The van der Waals surface area contributed by atoms with Crippen LogP contribution >= 0.6 is 11.6 Å². The molecule has 1 rings (SSSR count). The lowest BCUT2D eigenvalue weighted by Crippen LogP contribution is -2.54. The number of carbonyl (C=O) groups excluding carboxylic acids is 1. The standard InChI is InChI=1S/C13H16ClFN2O3/c1-3-13(2,11(18)19)17-12(20)16-7-8-6-9(14)4-5-10(8)15/h4-6H,3,7H2,1-2H3,(H,18,19)(H2,16,17,20). The maximum atomic E-state index is 13.4. The highest BCUT2D eigenvalue weighted by atomic mass is 35.5. The van der Waals surface area contributed by atoms with Gasteiger partial charge in [0.25, 0.3) is 0 Å². The lowest BCUT2D eigenvalue weighted by Gasteiger charge is -2.24. The Morgan fingerprint density at radius 1 is 1.45 bits per heavy atom.